The largest absolute Gasteiger partial charge is 0.483 e. The number of hydrogen-bond acceptors (Lipinski definition) is 3. The molecule has 1 heterocycles. The van der Waals surface area contributed by atoms with Gasteiger partial charge in [0.25, 0.3) is 5.91 Å². The molecule has 0 fully saturated rings. The molecule has 0 bridgehead atoms. The molecule has 2 N–H and O–H groups in total. The number of amides is 1. The van der Waals surface area contributed by atoms with E-state index in [4.69, 9.17) is 16.3 Å². The molecule has 0 aliphatic carbocycles. The number of nitrogens with one attached hydrogen (secondary N) is 2. The summed E-state index contributed by atoms with van der Waals surface area (Å²) in [4.78, 5) is 15.2. The molecule has 1 amide bonds. The minimum absolute atomic E-state index is 0.118. The van der Waals surface area contributed by atoms with Gasteiger partial charge < -0.3 is 9.72 Å². The summed E-state index contributed by atoms with van der Waals surface area (Å²) in [5, 5.41) is 5.72. The van der Waals surface area contributed by atoms with Gasteiger partial charge in [-0.1, -0.05) is 29.8 Å². The molecule has 0 aliphatic rings. The Morgan fingerprint density at radius 2 is 2.08 bits per heavy atom. The van der Waals surface area contributed by atoms with E-state index in [2.05, 4.69) is 15.5 Å². The maximum Gasteiger partial charge on any atom is 0.277 e. The molecule has 0 aliphatic heterocycles. The first-order valence-electron chi connectivity index (χ1n) is 7.83. The van der Waals surface area contributed by atoms with Crippen LogP contribution in [-0.4, -0.2) is 23.7 Å². The molecule has 6 heteroatoms. The van der Waals surface area contributed by atoms with E-state index in [1.807, 2.05) is 38.1 Å². The van der Waals surface area contributed by atoms with Gasteiger partial charge in [-0.25, -0.2) is 5.43 Å². The number of carbonyl (C=O) groups is 1. The Balaban J connectivity index is 1.60. The van der Waals surface area contributed by atoms with Crippen molar-refractivity contribution in [3.05, 3.63) is 64.3 Å². The van der Waals surface area contributed by atoms with Crippen LogP contribution in [0.3, 0.4) is 0 Å². The minimum atomic E-state index is -0.330. The fourth-order valence-corrected chi connectivity index (χ4v) is 2.81. The highest BCUT2D eigenvalue weighted by atomic mass is 35.5. The van der Waals surface area contributed by atoms with E-state index in [1.54, 1.807) is 24.4 Å². The molecule has 25 heavy (non-hydrogen) atoms. The molecular formula is C19H18ClN3O2. The molecule has 3 rings (SSSR count). The Morgan fingerprint density at radius 3 is 2.88 bits per heavy atom. The van der Waals surface area contributed by atoms with Crippen molar-refractivity contribution in [3.63, 3.8) is 0 Å². The highest BCUT2D eigenvalue weighted by molar-refractivity contribution is 6.30. The summed E-state index contributed by atoms with van der Waals surface area (Å²) in [5.41, 5.74) is 6.33. The third kappa shape index (κ3) is 4.00. The number of fused-ring (bicyclic) bond motifs is 1. The predicted octanol–water partition coefficient (Wildman–Crippen LogP) is 3.97. The molecule has 0 unspecified atom stereocenters. The molecule has 2 aromatic carbocycles. The molecular weight excluding hydrogens is 338 g/mol. The summed E-state index contributed by atoms with van der Waals surface area (Å²) < 4.78 is 5.48. The van der Waals surface area contributed by atoms with E-state index >= 15 is 0 Å². The van der Waals surface area contributed by atoms with Gasteiger partial charge in [-0.2, -0.15) is 5.10 Å². The number of hydrogen-bond donors (Lipinski definition) is 2. The molecule has 0 spiro atoms. The van der Waals surface area contributed by atoms with Gasteiger partial charge >= 0.3 is 0 Å². The Hall–Kier alpha value is -2.79. The Bertz CT molecular complexity index is 947. The summed E-state index contributed by atoms with van der Waals surface area (Å²) in [7, 11) is 0. The van der Waals surface area contributed by atoms with Gasteiger partial charge in [0.05, 0.1) is 6.21 Å². The third-order valence-electron chi connectivity index (χ3n) is 3.82. The second-order valence-electron chi connectivity index (χ2n) is 5.70. The van der Waals surface area contributed by atoms with Crippen molar-refractivity contribution in [1.82, 2.24) is 10.4 Å². The van der Waals surface area contributed by atoms with Crippen molar-refractivity contribution in [2.24, 2.45) is 5.10 Å². The second kappa shape index (κ2) is 7.40. The fraction of sp³-hybridized carbons (Fsp3) is 0.158. The summed E-state index contributed by atoms with van der Waals surface area (Å²) >= 11 is 5.89. The van der Waals surface area contributed by atoms with Crippen LogP contribution in [0.2, 0.25) is 5.02 Å². The van der Waals surface area contributed by atoms with E-state index in [9.17, 15) is 4.79 Å². The molecule has 5 nitrogen and oxygen atoms in total. The van der Waals surface area contributed by atoms with Crippen LogP contribution in [0.25, 0.3) is 10.9 Å². The number of aromatic nitrogens is 1. The molecule has 3 aromatic rings. The van der Waals surface area contributed by atoms with E-state index in [-0.39, 0.29) is 12.5 Å². The number of aryl methyl sites for hydroxylation is 2. The van der Waals surface area contributed by atoms with Crippen molar-refractivity contribution in [1.29, 1.82) is 0 Å². The normalized spacial score (nSPS) is 11.2. The lowest BCUT2D eigenvalue weighted by Crippen LogP contribution is -2.24. The average molecular weight is 356 g/mol. The van der Waals surface area contributed by atoms with Crippen LogP contribution in [0.4, 0.5) is 0 Å². The number of halogens is 1. The number of para-hydroxylation sites is 1. The SMILES string of the molecule is Cc1cc(Cl)ccc1OCC(=O)NN=Cc1c(C)[nH]c2ccccc12. The highest BCUT2D eigenvalue weighted by Crippen LogP contribution is 2.22. The third-order valence-corrected chi connectivity index (χ3v) is 4.06. The molecule has 0 radical (unpaired) electrons. The Labute approximate surface area is 150 Å². The molecule has 128 valence electrons. The summed E-state index contributed by atoms with van der Waals surface area (Å²) in [6, 6.07) is 13.2. The van der Waals surface area contributed by atoms with E-state index in [0.717, 1.165) is 27.7 Å². The first-order chi connectivity index (χ1) is 12.0. The number of aromatic amines is 1. The predicted molar refractivity (Wildman–Crippen MR) is 100 cm³/mol. The van der Waals surface area contributed by atoms with Gasteiger partial charge in [0, 0.05) is 27.2 Å². The lowest BCUT2D eigenvalue weighted by Gasteiger charge is -2.08. The smallest absolute Gasteiger partial charge is 0.277 e. The summed E-state index contributed by atoms with van der Waals surface area (Å²) in [6.07, 6.45) is 1.64. The maximum absolute atomic E-state index is 11.9. The van der Waals surface area contributed by atoms with Crippen LogP contribution in [0.15, 0.2) is 47.6 Å². The zero-order valence-corrected chi connectivity index (χ0v) is 14.7. The Morgan fingerprint density at radius 1 is 1.28 bits per heavy atom. The van der Waals surface area contributed by atoms with Crippen LogP contribution in [0.1, 0.15) is 16.8 Å². The number of nitrogens with zero attached hydrogens (tertiary/aromatic N) is 1. The standard InChI is InChI=1S/C19H18ClN3O2/c1-12-9-14(20)7-8-18(12)25-11-19(24)23-21-10-16-13(2)22-17-6-4-3-5-15(16)17/h3-10,22H,11H2,1-2H3,(H,23,24). The van der Waals surface area contributed by atoms with Gasteiger partial charge in [0.2, 0.25) is 0 Å². The van der Waals surface area contributed by atoms with E-state index in [0.29, 0.717) is 10.8 Å². The zero-order chi connectivity index (χ0) is 17.8. The minimum Gasteiger partial charge on any atom is -0.483 e. The first kappa shape index (κ1) is 17.0. The maximum atomic E-state index is 11.9. The van der Waals surface area contributed by atoms with Gasteiger partial charge in [-0.15, -0.1) is 0 Å². The van der Waals surface area contributed by atoms with E-state index < -0.39 is 0 Å². The Kier molecular flexibility index (Phi) is 5.05. The monoisotopic (exact) mass is 355 g/mol. The van der Waals surface area contributed by atoms with Gasteiger partial charge in [0.1, 0.15) is 5.75 Å². The topological polar surface area (TPSA) is 66.5 Å². The lowest BCUT2D eigenvalue weighted by atomic mass is 10.1. The lowest BCUT2D eigenvalue weighted by molar-refractivity contribution is -0.123. The zero-order valence-electron chi connectivity index (χ0n) is 14.0. The van der Waals surface area contributed by atoms with Gasteiger partial charge in [0.15, 0.2) is 6.61 Å². The molecule has 0 atom stereocenters. The van der Waals surface area contributed by atoms with Crippen LogP contribution in [0.5, 0.6) is 5.75 Å². The summed E-state index contributed by atoms with van der Waals surface area (Å²) in [6.45, 7) is 3.72. The first-order valence-corrected chi connectivity index (χ1v) is 8.20. The summed E-state index contributed by atoms with van der Waals surface area (Å²) in [5.74, 6) is 0.291. The second-order valence-corrected chi connectivity index (χ2v) is 6.14. The van der Waals surface area contributed by atoms with Gasteiger partial charge in [-0.3, -0.25) is 4.79 Å². The molecule has 0 saturated carbocycles. The highest BCUT2D eigenvalue weighted by Gasteiger charge is 2.07. The van der Waals surface area contributed by atoms with Crippen molar-refractivity contribution in [2.75, 3.05) is 6.61 Å². The van der Waals surface area contributed by atoms with Crippen molar-refractivity contribution in [2.45, 2.75) is 13.8 Å². The van der Waals surface area contributed by atoms with Gasteiger partial charge in [-0.05, 0) is 43.7 Å². The number of hydrazone groups is 1. The number of rotatable bonds is 5. The van der Waals surface area contributed by atoms with Crippen LogP contribution in [0, 0.1) is 13.8 Å². The number of carbonyl (C=O) groups excluding carboxylic acids is 1. The molecule has 0 saturated heterocycles. The van der Waals surface area contributed by atoms with Crippen molar-refractivity contribution in [3.8, 4) is 5.75 Å². The van der Waals surface area contributed by atoms with Crippen molar-refractivity contribution < 1.29 is 9.53 Å². The van der Waals surface area contributed by atoms with Crippen LogP contribution >= 0.6 is 11.6 Å². The van der Waals surface area contributed by atoms with E-state index in [1.165, 1.54) is 0 Å². The molecule has 1 aromatic heterocycles. The average Bonchev–Trinajstić information content (AvgIpc) is 2.90. The van der Waals surface area contributed by atoms with Crippen LogP contribution in [-0.2, 0) is 4.79 Å². The number of ether oxygens (including phenoxy) is 1. The fourth-order valence-electron chi connectivity index (χ4n) is 2.58. The van der Waals surface area contributed by atoms with Crippen molar-refractivity contribution >= 4 is 34.6 Å². The number of H-pyrrole nitrogens is 1. The van der Waals surface area contributed by atoms with Crippen LogP contribution < -0.4 is 10.2 Å². The number of benzene rings is 2. The quantitative estimate of drug-likeness (QED) is 0.537.